The zero-order valence-corrected chi connectivity index (χ0v) is 12.1. The lowest BCUT2D eigenvalue weighted by Gasteiger charge is -2.06. The van der Waals surface area contributed by atoms with Crippen molar-refractivity contribution in [1.29, 1.82) is 0 Å². The second kappa shape index (κ2) is 8.77. The third kappa shape index (κ3) is 5.67. The topological polar surface area (TPSA) is 18.5 Å². The van der Waals surface area contributed by atoms with Crippen LogP contribution in [-0.4, -0.2) is 13.2 Å². The highest BCUT2D eigenvalue weighted by Gasteiger charge is 1.96. The third-order valence-corrected chi connectivity index (χ3v) is 2.87. The number of ether oxygens (including phenoxy) is 2. The van der Waals surface area contributed by atoms with E-state index < -0.39 is 0 Å². The van der Waals surface area contributed by atoms with Gasteiger partial charge in [-0.05, 0) is 23.3 Å². The van der Waals surface area contributed by atoms with Crippen molar-refractivity contribution in [1.82, 2.24) is 0 Å². The minimum absolute atomic E-state index is 0.574. The van der Waals surface area contributed by atoms with Gasteiger partial charge in [-0.15, -0.1) is 6.58 Å². The average molecular weight is 280 g/mol. The first-order valence-corrected chi connectivity index (χ1v) is 7.00. The monoisotopic (exact) mass is 280 g/mol. The van der Waals surface area contributed by atoms with E-state index in [9.17, 15) is 0 Å². The van der Waals surface area contributed by atoms with Crippen LogP contribution in [0.25, 0.3) is 6.08 Å². The van der Waals surface area contributed by atoms with E-state index in [2.05, 4.69) is 18.7 Å². The van der Waals surface area contributed by atoms with Crippen molar-refractivity contribution < 1.29 is 9.47 Å². The molecule has 0 unspecified atom stereocenters. The third-order valence-electron chi connectivity index (χ3n) is 2.87. The molecule has 2 aromatic carbocycles. The fourth-order valence-electron chi connectivity index (χ4n) is 1.85. The Morgan fingerprint density at radius 1 is 0.952 bits per heavy atom. The fraction of sp³-hybridized carbons (Fsp3) is 0.158. The molecular weight excluding hydrogens is 260 g/mol. The van der Waals surface area contributed by atoms with Crippen LogP contribution < -0.4 is 4.74 Å². The summed E-state index contributed by atoms with van der Waals surface area (Å²) in [5.41, 5.74) is 2.26. The molecule has 0 fully saturated rings. The van der Waals surface area contributed by atoms with Crippen LogP contribution in [0.3, 0.4) is 0 Å². The molecule has 0 N–H and O–H groups in total. The molecule has 2 aromatic rings. The first-order valence-electron chi connectivity index (χ1n) is 7.00. The van der Waals surface area contributed by atoms with Crippen molar-refractivity contribution in [2.24, 2.45) is 0 Å². The Morgan fingerprint density at radius 3 is 2.62 bits per heavy atom. The van der Waals surface area contributed by atoms with Crippen LogP contribution in [0.4, 0.5) is 0 Å². The van der Waals surface area contributed by atoms with Gasteiger partial charge in [-0.3, -0.25) is 0 Å². The lowest BCUT2D eigenvalue weighted by molar-refractivity contribution is 0.194. The molecule has 0 aliphatic heterocycles. The summed E-state index contributed by atoms with van der Waals surface area (Å²) in [6.07, 6.45) is 5.75. The van der Waals surface area contributed by atoms with E-state index >= 15 is 0 Å². The molecule has 0 heterocycles. The fourth-order valence-corrected chi connectivity index (χ4v) is 1.85. The van der Waals surface area contributed by atoms with E-state index in [1.54, 1.807) is 6.08 Å². The van der Waals surface area contributed by atoms with E-state index in [4.69, 9.17) is 9.47 Å². The van der Waals surface area contributed by atoms with Gasteiger partial charge >= 0.3 is 0 Å². The summed E-state index contributed by atoms with van der Waals surface area (Å²) in [4.78, 5) is 0. The van der Waals surface area contributed by atoms with Crippen molar-refractivity contribution >= 4 is 6.08 Å². The van der Waals surface area contributed by atoms with Crippen molar-refractivity contribution in [3.8, 4) is 5.75 Å². The summed E-state index contributed by atoms with van der Waals surface area (Å²) >= 11 is 0. The summed E-state index contributed by atoms with van der Waals surface area (Å²) in [6.45, 7) is 5.35. The molecule has 0 aliphatic rings. The smallest absolute Gasteiger partial charge is 0.120 e. The van der Waals surface area contributed by atoms with Gasteiger partial charge < -0.3 is 9.47 Å². The van der Waals surface area contributed by atoms with E-state index in [-0.39, 0.29) is 0 Å². The predicted molar refractivity (Wildman–Crippen MR) is 87.3 cm³/mol. The molecule has 0 radical (unpaired) electrons. The maximum absolute atomic E-state index is 5.80. The van der Waals surface area contributed by atoms with Gasteiger partial charge in [-0.1, -0.05) is 60.7 Å². The molecule has 0 amide bonds. The van der Waals surface area contributed by atoms with Crippen molar-refractivity contribution in [2.45, 2.75) is 6.61 Å². The quantitative estimate of drug-likeness (QED) is 0.524. The molecule has 108 valence electrons. The molecular formula is C19H20O2. The average Bonchev–Trinajstić information content (AvgIpc) is 2.54. The van der Waals surface area contributed by atoms with Crippen LogP contribution in [0.15, 0.2) is 73.3 Å². The molecule has 0 bridgehead atoms. The largest absolute Gasteiger partial charge is 0.489 e. The predicted octanol–water partition coefficient (Wildman–Crippen LogP) is 4.48. The maximum atomic E-state index is 5.80. The molecule has 2 heteroatoms. The van der Waals surface area contributed by atoms with Gasteiger partial charge in [0.15, 0.2) is 0 Å². The zero-order chi connectivity index (χ0) is 14.8. The standard InChI is InChI=1S/C19H20O2/c1-2-13-20-14-7-11-17-10-6-12-19(15-17)21-16-18-8-4-3-5-9-18/h2-12,15H,1,13-14,16H2/b11-7+. The summed E-state index contributed by atoms with van der Waals surface area (Å²) in [5, 5.41) is 0. The Hall–Kier alpha value is -2.32. The molecule has 21 heavy (non-hydrogen) atoms. The van der Waals surface area contributed by atoms with Crippen LogP contribution >= 0.6 is 0 Å². The van der Waals surface area contributed by atoms with E-state index in [0.29, 0.717) is 19.8 Å². The van der Waals surface area contributed by atoms with E-state index in [0.717, 1.165) is 16.9 Å². The van der Waals surface area contributed by atoms with Crippen LogP contribution in [0.5, 0.6) is 5.75 Å². The van der Waals surface area contributed by atoms with Gasteiger partial charge in [0.2, 0.25) is 0 Å². The van der Waals surface area contributed by atoms with Crippen molar-refractivity contribution in [2.75, 3.05) is 13.2 Å². The lowest BCUT2D eigenvalue weighted by atomic mass is 10.2. The van der Waals surface area contributed by atoms with Gasteiger partial charge in [0.1, 0.15) is 12.4 Å². The second-order valence-electron chi connectivity index (χ2n) is 4.58. The van der Waals surface area contributed by atoms with Crippen LogP contribution in [0, 0.1) is 0 Å². The first-order chi connectivity index (χ1) is 10.4. The highest BCUT2D eigenvalue weighted by molar-refractivity contribution is 5.51. The van der Waals surface area contributed by atoms with Gasteiger partial charge in [-0.25, -0.2) is 0 Å². The van der Waals surface area contributed by atoms with Gasteiger partial charge in [0.25, 0.3) is 0 Å². The maximum Gasteiger partial charge on any atom is 0.120 e. The highest BCUT2D eigenvalue weighted by atomic mass is 16.5. The number of benzene rings is 2. The minimum atomic E-state index is 0.574. The summed E-state index contributed by atoms with van der Waals surface area (Å²) < 4.78 is 11.1. The van der Waals surface area contributed by atoms with Gasteiger partial charge in [0, 0.05) is 0 Å². The minimum Gasteiger partial charge on any atom is -0.489 e. The Labute approximate surface area is 126 Å². The molecule has 0 atom stereocenters. The van der Waals surface area contributed by atoms with Crippen LogP contribution in [0.1, 0.15) is 11.1 Å². The van der Waals surface area contributed by atoms with E-state index in [1.165, 1.54) is 0 Å². The molecule has 2 rings (SSSR count). The van der Waals surface area contributed by atoms with Gasteiger partial charge in [-0.2, -0.15) is 0 Å². The number of rotatable bonds is 8. The molecule has 0 spiro atoms. The molecule has 0 aromatic heterocycles. The molecule has 0 saturated heterocycles. The lowest BCUT2D eigenvalue weighted by Crippen LogP contribution is -1.95. The number of hydrogen-bond acceptors (Lipinski definition) is 2. The SMILES string of the molecule is C=CCOC/C=C/c1cccc(OCc2ccccc2)c1. The van der Waals surface area contributed by atoms with Crippen molar-refractivity contribution in [3.63, 3.8) is 0 Å². The molecule has 2 nitrogen and oxygen atoms in total. The van der Waals surface area contributed by atoms with Crippen molar-refractivity contribution in [3.05, 3.63) is 84.5 Å². The normalized spacial score (nSPS) is 10.7. The molecule has 0 saturated carbocycles. The van der Waals surface area contributed by atoms with E-state index in [1.807, 2.05) is 54.6 Å². The summed E-state index contributed by atoms with van der Waals surface area (Å²) in [7, 11) is 0. The number of hydrogen-bond donors (Lipinski definition) is 0. The van der Waals surface area contributed by atoms with Crippen LogP contribution in [-0.2, 0) is 11.3 Å². The molecule has 0 aliphatic carbocycles. The summed E-state index contributed by atoms with van der Waals surface area (Å²) in [5.74, 6) is 0.869. The highest BCUT2D eigenvalue weighted by Crippen LogP contribution is 2.16. The van der Waals surface area contributed by atoms with Crippen LogP contribution in [0.2, 0.25) is 0 Å². The Balaban J connectivity index is 1.87. The Bertz CT molecular complexity index is 573. The first kappa shape index (κ1) is 15.1. The Morgan fingerprint density at radius 2 is 1.81 bits per heavy atom. The van der Waals surface area contributed by atoms with Gasteiger partial charge in [0.05, 0.1) is 13.2 Å². The second-order valence-corrected chi connectivity index (χ2v) is 4.58. The Kier molecular flexibility index (Phi) is 6.30. The zero-order valence-electron chi connectivity index (χ0n) is 12.1. The summed E-state index contributed by atoms with van der Waals surface area (Å²) in [6, 6.07) is 18.2.